The number of rotatable bonds is 5. The molecule has 0 amide bonds. The Kier molecular flexibility index (Phi) is 3.44. The molecule has 88 valence electrons. The molecule has 0 heterocycles. The van der Waals surface area contributed by atoms with E-state index in [1.165, 1.54) is 37.5 Å². The van der Waals surface area contributed by atoms with E-state index in [2.05, 4.69) is 5.32 Å². The van der Waals surface area contributed by atoms with Crippen LogP contribution in [-0.4, -0.2) is 11.7 Å². The van der Waals surface area contributed by atoms with Crippen LogP contribution in [0.15, 0.2) is 18.2 Å². The van der Waals surface area contributed by atoms with Gasteiger partial charge >= 0.3 is 0 Å². The quantitative estimate of drug-likeness (QED) is 0.804. The van der Waals surface area contributed by atoms with Gasteiger partial charge in [0.1, 0.15) is 11.6 Å². The monoisotopic (exact) mass is 223 g/mol. The second-order valence-corrected chi connectivity index (χ2v) is 4.61. The predicted molar refractivity (Wildman–Crippen MR) is 61.8 cm³/mol. The molecule has 3 heteroatoms. The first-order chi connectivity index (χ1) is 7.66. The maximum Gasteiger partial charge on any atom is 0.123 e. The highest BCUT2D eigenvalue weighted by Gasteiger charge is 2.20. The molecule has 1 unspecified atom stereocenters. The molecule has 1 aliphatic carbocycles. The zero-order valence-corrected chi connectivity index (χ0v) is 9.54. The fourth-order valence-corrected chi connectivity index (χ4v) is 1.89. The van der Waals surface area contributed by atoms with Gasteiger partial charge in [-0.25, -0.2) is 4.39 Å². The molecule has 1 fully saturated rings. The van der Waals surface area contributed by atoms with Crippen molar-refractivity contribution in [2.75, 3.05) is 6.54 Å². The average molecular weight is 223 g/mol. The zero-order valence-electron chi connectivity index (χ0n) is 9.54. The lowest BCUT2D eigenvalue weighted by Crippen LogP contribution is -2.20. The Hall–Kier alpha value is -1.09. The molecule has 0 bridgehead atoms. The van der Waals surface area contributed by atoms with E-state index in [0.29, 0.717) is 5.56 Å². The summed E-state index contributed by atoms with van der Waals surface area (Å²) in [5.41, 5.74) is 0.635. The first kappa shape index (κ1) is 11.4. The van der Waals surface area contributed by atoms with Gasteiger partial charge in [-0.15, -0.1) is 0 Å². The van der Waals surface area contributed by atoms with Gasteiger partial charge in [0.05, 0.1) is 0 Å². The average Bonchev–Trinajstić information content (AvgIpc) is 3.05. The minimum Gasteiger partial charge on any atom is -0.508 e. The molecule has 0 radical (unpaired) electrons. The third-order valence-electron chi connectivity index (χ3n) is 3.16. The normalized spacial score (nSPS) is 17.4. The second kappa shape index (κ2) is 4.83. The van der Waals surface area contributed by atoms with Crippen LogP contribution < -0.4 is 5.32 Å². The van der Waals surface area contributed by atoms with E-state index < -0.39 is 0 Å². The van der Waals surface area contributed by atoms with Gasteiger partial charge in [0.15, 0.2) is 0 Å². The van der Waals surface area contributed by atoms with Crippen LogP contribution in [0.4, 0.5) is 4.39 Å². The molecule has 2 rings (SSSR count). The molecule has 16 heavy (non-hydrogen) atoms. The van der Waals surface area contributed by atoms with Crippen LogP contribution in [0.5, 0.6) is 5.75 Å². The van der Waals surface area contributed by atoms with Gasteiger partial charge in [-0.1, -0.05) is 12.8 Å². The molecular weight excluding hydrogens is 205 g/mol. The van der Waals surface area contributed by atoms with Crippen molar-refractivity contribution in [3.8, 4) is 5.75 Å². The van der Waals surface area contributed by atoms with E-state index in [4.69, 9.17) is 0 Å². The molecule has 0 spiro atoms. The highest BCUT2D eigenvalue weighted by atomic mass is 19.1. The Morgan fingerprint density at radius 1 is 1.50 bits per heavy atom. The van der Waals surface area contributed by atoms with E-state index in [-0.39, 0.29) is 17.6 Å². The van der Waals surface area contributed by atoms with Gasteiger partial charge < -0.3 is 10.4 Å². The van der Waals surface area contributed by atoms with Crippen molar-refractivity contribution < 1.29 is 9.50 Å². The number of hydrogen-bond donors (Lipinski definition) is 2. The van der Waals surface area contributed by atoms with Crippen molar-refractivity contribution in [1.29, 1.82) is 0 Å². The molecule has 0 saturated heterocycles. The van der Waals surface area contributed by atoms with Gasteiger partial charge in [-0.05, 0) is 44.0 Å². The summed E-state index contributed by atoms with van der Waals surface area (Å²) in [7, 11) is 0. The number of benzene rings is 1. The Morgan fingerprint density at radius 3 is 2.94 bits per heavy atom. The predicted octanol–water partition coefficient (Wildman–Crippen LogP) is 2.98. The molecular formula is C13H18FNO. The summed E-state index contributed by atoms with van der Waals surface area (Å²) in [6.07, 6.45) is 3.88. The van der Waals surface area contributed by atoms with Gasteiger partial charge in [0, 0.05) is 11.6 Å². The van der Waals surface area contributed by atoms with Crippen LogP contribution in [0, 0.1) is 11.7 Å². The molecule has 2 N–H and O–H groups in total. The Balaban J connectivity index is 1.90. The number of aromatic hydroxyl groups is 1. The molecule has 0 aromatic heterocycles. The Morgan fingerprint density at radius 2 is 2.25 bits per heavy atom. The number of halogens is 1. The lowest BCUT2D eigenvalue weighted by Gasteiger charge is -2.15. The lowest BCUT2D eigenvalue weighted by atomic mass is 10.1. The summed E-state index contributed by atoms with van der Waals surface area (Å²) in [5, 5.41) is 12.9. The summed E-state index contributed by atoms with van der Waals surface area (Å²) in [6.45, 7) is 2.88. The summed E-state index contributed by atoms with van der Waals surface area (Å²) in [4.78, 5) is 0. The van der Waals surface area contributed by atoms with E-state index in [0.717, 1.165) is 12.5 Å². The fourth-order valence-electron chi connectivity index (χ4n) is 1.89. The highest BCUT2D eigenvalue weighted by molar-refractivity contribution is 5.34. The summed E-state index contributed by atoms with van der Waals surface area (Å²) in [6, 6.07) is 4.07. The number of phenolic OH excluding ortho intramolecular Hbond substituents is 1. The molecule has 1 aromatic rings. The minimum absolute atomic E-state index is 0.00514. The Bertz CT molecular complexity index is 363. The van der Waals surface area contributed by atoms with Crippen LogP contribution in [0.1, 0.15) is 37.8 Å². The lowest BCUT2D eigenvalue weighted by molar-refractivity contribution is 0.447. The molecule has 1 aliphatic rings. The van der Waals surface area contributed by atoms with Gasteiger partial charge in [-0.3, -0.25) is 0 Å². The number of hydrogen-bond acceptors (Lipinski definition) is 2. The van der Waals surface area contributed by atoms with Crippen molar-refractivity contribution in [3.05, 3.63) is 29.6 Å². The van der Waals surface area contributed by atoms with Crippen LogP contribution in [0.2, 0.25) is 0 Å². The molecule has 1 saturated carbocycles. The SMILES string of the molecule is CC(NCCC1CC1)c1cc(F)ccc1O. The van der Waals surface area contributed by atoms with Crippen LogP contribution in [0.3, 0.4) is 0 Å². The highest BCUT2D eigenvalue weighted by Crippen LogP contribution is 2.32. The summed E-state index contributed by atoms with van der Waals surface area (Å²) < 4.78 is 13.0. The van der Waals surface area contributed by atoms with Crippen molar-refractivity contribution in [1.82, 2.24) is 5.32 Å². The maximum absolute atomic E-state index is 13.0. The number of nitrogens with one attached hydrogen (secondary N) is 1. The largest absolute Gasteiger partial charge is 0.508 e. The first-order valence-electron chi connectivity index (χ1n) is 5.88. The third-order valence-corrected chi connectivity index (χ3v) is 3.16. The van der Waals surface area contributed by atoms with Crippen LogP contribution in [-0.2, 0) is 0 Å². The first-order valence-corrected chi connectivity index (χ1v) is 5.88. The second-order valence-electron chi connectivity index (χ2n) is 4.61. The topological polar surface area (TPSA) is 32.3 Å². The van der Waals surface area contributed by atoms with E-state index in [1.54, 1.807) is 0 Å². The molecule has 1 aromatic carbocycles. The van der Waals surface area contributed by atoms with Crippen molar-refractivity contribution in [2.45, 2.75) is 32.2 Å². The maximum atomic E-state index is 13.0. The smallest absolute Gasteiger partial charge is 0.123 e. The van der Waals surface area contributed by atoms with Crippen LogP contribution in [0.25, 0.3) is 0 Å². The van der Waals surface area contributed by atoms with Crippen LogP contribution >= 0.6 is 0 Å². The van der Waals surface area contributed by atoms with E-state index in [9.17, 15) is 9.50 Å². The standard InChI is InChI=1S/C13H18FNO/c1-9(15-7-6-10-2-3-10)12-8-11(14)4-5-13(12)16/h4-5,8-10,15-16H,2-3,6-7H2,1H3. The molecule has 1 atom stereocenters. The molecule has 0 aliphatic heterocycles. The summed E-state index contributed by atoms with van der Waals surface area (Å²) in [5.74, 6) is 0.747. The number of phenols is 1. The van der Waals surface area contributed by atoms with E-state index >= 15 is 0 Å². The van der Waals surface area contributed by atoms with E-state index in [1.807, 2.05) is 6.92 Å². The molecule has 2 nitrogen and oxygen atoms in total. The van der Waals surface area contributed by atoms with Crippen molar-refractivity contribution >= 4 is 0 Å². The van der Waals surface area contributed by atoms with Gasteiger partial charge in [0.25, 0.3) is 0 Å². The Labute approximate surface area is 95.5 Å². The van der Waals surface area contributed by atoms with Gasteiger partial charge in [-0.2, -0.15) is 0 Å². The van der Waals surface area contributed by atoms with Gasteiger partial charge in [0.2, 0.25) is 0 Å². The zero-order chi connectivity index (χ0) is 11.5. The minimum atomic E-state index is -0.302. The van der Waals surface area contributed by atoms with Crippen molar-refractivity contribution in [3.63, 3.8) is 0 Å². The fraction of sp³-hybridized carbons (Fsp3) is 0.538. The van der Waals surface area contributed by atoms with Crippen molar-refractivity contribution in [2.24, 2.45) is 5.92 Å². The third kappa shape index (κ3) is 2.95. The summed E-state index contributed by atoms with van der Waals surface area (Å²) >= 11 is 0.